The molecule has 25 heteroatoms. The number of fused-ring (bicyclic) bond motifs is 4. The lowest BCUT2D eigenvalue weighted by Crippen LogP contribution is -2.62. The van der Waals surface area contributed by atoms with E-state index in [0.717, 1.165) is 12.5 Å². The van der Waals surface area contributed by atoms with E-state index in [1.165, 1.54) is 10.9 Å². The van der Waals surface area contributed by atoms with E-state index in [-0.39, 0.29) is 59.3 Å². The molecule has 3 N–H and O–H groups in total. The summed E-state index contributed by atoms with van der Waals surface area (Å²) in [4.78, 5) is 51.7. The average Bonchev–Trinajstić information content (AvgIpc) is 3.84. The molecule has 18 nitrogen and oxygen atoms in total. The van der Waals surface area contributed by atoms with Crippen molar-refractivity contribution >= 4 is 65.2 Å². The molecule has 0 aromatic carbocycles. The Balaban J connectivity index is 1.48. The minimum absolute atomic E-state index is 0.0537. The predicted molar refractivity (Wildman–Crippen MR) is 232 cm³/mol. The smallest absolute Gasteiger partial charge is 0.335 e. The maximum absolute atomic E-state index is 15.7. The Labute approximate surface area is 366 Å². The lowest BCUT2D eigenvalue weighted by Gasteiger charge is -2.47. The molecule has 0 spiro atoms. The fraction of sp³-hybridized carbons (Fsp3) is 0.694. The van der Waals surface area contributed by atoms with Crippen molar-refractivity contribution in [3.05, 3.63) is 47.3 Å². The number of nitrogens with zero attached hydrogens (tertiary/aromatic N) is 5. The zero-order valence-electron chi connectivity index (χ0n) is 35.3. The molecule has 1 saturated carbocycles. The molecule has 3 aromatic rings. The monoisotopic (exact) mass is 964 g/mol. The maximum Gasteiger partial charge on any atom is 0.335 e. The molecule has 0 amide bonds. The fourth-order valence-electron chi connectivity index (χ4n) is 8.10. The van der Waals surface area contributed by atoms with Gasteiger partial charge in [0, 0.05) is 30.8 Å². The predicted octanol–water partition coefficient (Wildman–Crippen LogP) is 6.52. The Morgan fingerprint density at radius 2 is 1.77 bits per heavy atom. The zero-order valence-corrected chi connectivity index (χ0v) is 40.7. The highest BCUT2D eigenvalue weighted by molar-refractivity contribution is 8.07. The molecule has 61 heavy (non-hydrogen) atoms. The molecule has 3 fully saturated rings. The number of aromatic nitrogens is 5. The Hall–Kier alpha value is -1.95. The molecule has 1 aliphatic carbocycles. The first kappa shape index (κ1) is 48.5. The van der Waals surface area contributed by atoms with Crippen LogP contribution < -0.4 is 10.3 Å². The first-order chi connectivity index (χ1) is 28.7. The minimum Gasteiger partial charge on any atom is -0.474 e. The van der Waals surface area contributed by atoms with Crippen LogP contribution in [-0.4, -0.2) is 102 Å². The molecule has 5 heterocycles. The van der Waals surface area contributed by atoms with Crippen LogP contribution in [-0.2, 0) is 59.5 Å². The van der Waals surface area contributed by atoms with E-state index in [4.69, 9.17) is 64.2 Å². The van der Waals surface area contributed by atoms with Crippen molar-refractivity contribution < 1.29 is 54.7 Å². The van der Waals surface area contributed by atoms with Gasteiger partial charge in [-0.2, -0.15) is 5.26 Å². The quantitative estimate of drug-likeness (QED) is 0.0889. The van der Waals surface area contributed by atoms with Crippen molar-refractivity contribution in [2.24, 2.45) is 5.92 Å². The van der Waals surface area contributed by atoms with Gasteiger partial charge in [0.25, 0.3) is 5.56 Å². The van der Waals surface area contributed by atoms with Gasteiger partial charge >= 0.3 is 30.6 Å². The number of ether oxygens (including phenoxy) is 2. The summed E-state index contributed by atoms with van der Waals surface area (Å²) >= 11 is 11.8. The molecule has 9 atom stereocenters. The van der Waals surface area contributed by atoms with Gasteiger partial charge in [-0.1, -0.05) is 55.4 Å². The summed E-state index contributed by atoms with van der Waals surface area (Å²) in [6.07, 6.45) is -0.495. The molecular weight excluding hydrogens is 910 g/mol. The van der Waals surface area contributed by atoms with Gasteiger partial charge in [0.2, 0.25) is 5.88 Å². The lowest BCUT2D eigenvalue weighted by atomic mass is 10.1. The topological polar surface area (TPSA) is 224 Å². The summed E-state index contributed by atoms with van der Waals surface area (Å²) in [6.45, 7) is 6.82. The SMILES string of the molecule is CC(C)[Si](O)(O[Si](O[C@H]1[C@H]2O[P@](=S)(OCCC#N)OC[C@H]3C[C@@H](Oc4ccncn4)C[C@@H]3OP(O)(=S)OC[C@H]1O[C@H]2n1cc(F)c2c(=O)[nH]cnc21)(C(C)C)C(C)C)C(C)C. The number of hydrogen-bond acceptors (Lipinski definition) is 17. The lowest BCUT2D eigenvalue weighted by molar-refractivity contribution is -0.0520. The highest BCUT2D eigenvalue weighted by atomic mass is 32.5. The second kappa shape index (κ2) is 19.7. The molecule has 0 radical (unpaired) electrons. The van der Waals surface area contributed by atoms with E-state index in [0.29, 0.717) is 12.3 Å². The van der Waals surface area contributed by atoms with Gasteiger partial charge < -0.3 is 55.4 Å². The molecule has 6 rings (SSSR count). The highest BCUT2D eigenvalue weighted by Crippen LogP contribution is 2.58. The van der Waals surface area contributed by atoms with Gasteiger partial charge in [-0.05, 0) is 52.2 Å². The molecule has 2 saturated heterocycles. The Morgan fingerprint density at radius 1 is 1.05 bits per heavy atom. The number of H-pyrrole nitrogens is 1. The Kier molecular flexibility index (Phi) is 15.6. The molecule has 1 unspecified atom stereocenters. The van der Waals surface area contributed by atoms with E-state index >= 15 is 4.39 Å². The van der Waals surface area contributed by atoms with E-state index in [1.54, 1.807) is 12.3 Å². The van der Waals surface area contributed by atoms with Gasteiger partial charge in [0.1, 0.15) is 36.1 Å². The van der Waals surface area contributed by atoms with E-state index in [9.17, 15) is 19.7 Å². The summed E-state index contributed by atoms with van der Waals surface area (Å²) in [7, 11) is -7.17. The van der Waals surface area contributed by atoms with Gasteiger partial charge in [0.05, 0.1) is 44.7 Å². The van der Waals surface area contributed by atoms with Crippen molar-refractivity contribution in [3.63, 3.8) is 0 Å². The third-order valence-electron chi connectivity index (χ3n) is 11.3. The van der Waals surface area contributed by atoms with Crippen molar-refractivity contribution in [2.45, 2.75) is 134 Å². The standard InChI is InChI=1S/C36H55FN6O12P2S2Si2/c1-21(2)60(46,22(3)4)55-61(23(5)6,24(7)8)54-32-29-18-48-56(45,58)52-28-15-26(50-30-10-12-39-19-40-30)14-25(28)17-49-57(59,47-13-9-11-38)53-33(32)36(51-29)43-16-27(37)31-34(43)41-20-42-35(31)44/h10,12,16,19-26,28-29,32-33,36,46H,9,13-15,17-18H2,1-8H3,(H,45,58)(H,41,42,44)/t25-,26-,28+,29-,32-,33-,36-,56?,57+/m1/s1. The van der Waals surface area contributed by atoms with Crippen molar-refractivity contribution in [1.82, 2.24) is 24.5 Å². The van der Waals surface area contributed by atoms with Crippen LogP contribution in [0, 0.1) is 23.1 Å². The van der Waals surface area contributed by atoms with Gasteiger partial charge in [-0.25, -0.2) is 19.3 Å². The van der Waals surface area contributed by atoms with Gasteiger partial charge in [-0.3, -0.25) is 9.32 Å². The average molecular weight is 965 g/mol. The number of nitrogens with one attached hydrogen (secondary N) is 1. The van der Waals surface area contributed by atoms with Crippen LogP contribution in [0.25, 0.3) is 11.0 Å². The summed E-state index contributed by atoms with van der Waals surface area (Å²) in [6, 6.07) is 3.67. The van der Waals surface area contributed by atoms with Gasteiger partial charge in [0.15, 0.2) is 17.7 Å². The molecule has 3 aromatic heterocycles. The van der Waals surface area contributed by atoms with Crippen molar-refractivity contribution in [1.29, 1.82) is 5.26 Å². The molecule has 3 aliphatic rings. The maximum atomic E-state index is 15.7. The Morgan fingerprint density at radius 3 is 2.41 bits per heavy atom. The number of aromatic amines is 1. The largest absolute Gasteiger partial charge is 0.474 e. The first-order valence-electron chi connectivity index (χ1n) is 20.2. The summed E-state index contributed by atoms with van der Waals surface area (Å²) in [5.74, 6) is -1.02. The second-order valence-corrected chi connectivity index (χ2v) is 31.0. The Bertz CT molecular complexity index is 2170. The number of halogens is 1. The summed E-state index contributed by atoms with van der Waals surface area (Å²) in [5.41, 5.74) is -1.80. The van der Waals surface area contributed by atoms with Gasteiger partial charge in [-0.15, -0.1) is 0 Å². The van der Waals surface area contributed by atoms with Crippen LogP contribution in [0.15, 0.2) is 35.9 Å². The van der Waals surface area contributed by atoms with Crippen LogP contribution in [0.4, 0.5) is 4.39 Å². The highest BCUT2D eigenvalue weighted by Gasteiger charge is 2.60. The van der Waals surface area contributed by atoms with E-state index in [2.05, 4.69) is 19.9 Å². The van der Waals surface area contributed by atoms with Crippen LogP contribution in [0.2, 0.25) is 22.2 Å². The van der Waals surface area contributed by atoms with Crippen molar-refractivity contribution in [3.8, 4) is 11.9 Å². The molecule has 338 valence electrons. The number of hydrogen-bond donors (Lipinski definition) is 3. The fourth-order valence-corrected chi connectivity index (χ4v) is 21.6. The van der Waals surface area contributed by atoms with Crippen molar-refractivity contribution in [2.75, 3.05) is 19.8 Å². The van der Waals surface area contributed by atoms with Crippen LogP contribution in [0.3, 0.4) is 0 Å². The second-order valence-electron chi connectivity index (χ2n) is 16.6. The van der Waals surface area contributed by atoms with Crippen LogP contribution in [0.1, 0.15) is 80.9 Å². The first-order valence-corrected chi connectivity index (χ1v) is 29.4. The normalized spacial score (nSPS) is 30.4. The van der Waals surface area contributed by atoms with E-state index in [1.807, 2.05) is 61.5 Å². The number of nitriles is 1. The molecule has 2 aliphatic heterocycles. The summed E-state index contributed by atoms with van der Waals surface area (Å²) in [5, 5.41) is 9.16. The van der Waals surface area contributed by atoms with E-state index < -0.39 is 91.2 Å². The third-order valence-corrected chi connectivity index (χ3v) is 25.0. The summed E-state index contributed by atoms with van der Waals surface area (Å²) < 4.78 is 76.2. The number of rotatable bonds is 14. The molecular formula is C36H55FN6O12P2S2Si2. The van der Waals surface area contributed by atoms with Crippen LogP contribution in [0.5, 0.6) is 5.88 Å². The van der Waals surface area contributed by atoms with Crippen LogP contribution >= 0.6 is 13.4 Å². The molecule has 2 bridgehead atoms. The zero-order chi connectivity index (χ0) is 44.5. The minimum atomic E-state index is -4.07. The third kappa shape index (κ3) is 10.6.